The van der Waals surface area contributed by atoms with Gasteiger partial charge in [-0.2, -0.15) is 0 Å². The molecular weight excluding hydrogens is 92.1 g/mol. The molecule has 0 bridgehead atoms. The monoisotopic (exact) mass is 101 g/mol. The van der Waals surface area contributed by atoms with Gasteiger partial charge in [-0.05, 0) is 12.8 Å². The SMILES string of the molecule is OCC(O)[C]1CC1. The van der Waals surface area contributed by atoms with Crippen molar-refractivity contribution in [2.45, 2.75) is 18.9 Å². The van der Waals surface area contributed by atoms with Crippen LogP contribution in [0.2, 0.25) is 0 Å². The van der Waals surface area contributed by atoms with Gasteiger partial charge in [0, 0.05) is 5.92 Å². The topological polar surface area (TPSA) is 40.5 Å². The van der Waals surface area contributed by atoms with Gasteiger partial charge in [0.1, 0.15) is 0 Å². The first kappa shape index (κ1) is 5.06. The van der Waals surface area contributed by atoms with E-state index in [4.69, 9.17) is 10.2 Å². The molecule has 2 heteroatoms. The summed E-state index contributed by atoms with van der Waals surface area (Å²) in [4.78, 5) is 0. The molecule has 1 atom stereocenters. The van der Waals surface area contributed by atoms with Crippen LogP contribution in [0.25, 0.3) is 0 Å². The molecule has 7 heavy (non-hydrogen) atoms. The van der Waals surface area contributed by atoms with E-state index in [0.29, 0.717) is 0 Å². The van der Waals surface area contributed by atoms with E-state index in [1.54, 1.807) is 0 Å². The van der Waals surface area contributed by atoms with Crippen LogP contribution in [0.15, 0.2) is 0 Å². The molecule has 1 aliphatic carbocycles. The first-order valence-electron chi connectivity index (χ1n) is 2.48. The first-order chi connectivity index (χ1) is 3.34. The van der Waals surface area contributed by atoms with E-state index in [0.717, 1.165) is 18.8 Å². The fraction of sp³-hybridized carbons (Fsp3) is 0.800. The zero-order valence-corrected chi connectivity index (χ0v) is 4.09. The minimum Gasteiger partial charge on any atom is -0.394 e. The second-order valence-electron chi connectivity index (χ2n) is 1.86. The highest BCUT2D eigenvalue weighted by Gasteiger charge is 2.29. The Morgan fingerprint density at radius 3 is 2.29 bits per heavy atom. The number of aliphatic hydroxyl groups is 2. The smallest absolute Gasteiger partial charge is 0.0833 e. The Bertz CT molecular complexity index is 59.1. The van der Waals surface area contributed by atoms with E-state index in [2.05, 4.69) is 0 Å². The predicted molar refractivity (Wildman–Crippen MR) is 25.6 cm³/mol. The summed E-state index contributed by atoms with van der Waals surface area (Å²) in [7, 11) is 0. The van der Waals surface area contributed by atoms with Crippen LogP contribution >= 0.6 is 0 Å². The summed E-state index contributed by atoms with van der Waals surface area (Å²) >= 11 is 0. The maximum absolute atomic E-state index is 8.71. The third-order valence-corrected chi connectivity index (χ3v) is 1.18. The Morgan fingerprint density at radius 2 is 2.14 bits per heavy atom. The molecule has 2 N–H and O–H groups in total. The Hall–Kier alpha value is -0.0800. The summed E-state index contributed by atoms with van der Waals surface area (Å²) < 4.78 is 0. The molecule has 1 aliphatic rings. The van der Waals surface area contributed by atoms with Crippen LogP contribution in [0.1, 0.15) is 12.8 Å². The fourth-order valence-electron chi connectivity index (χ4n) is 0.534. The second-order valence-corrected chi connectivity index (χ2v) is 1.86. The molecule has 1 unspecified atom stereocenters. The number of rotatable bonds is 2. The summed E-state index contributed by atoms with van der Waals surface area (Å²) in [5.74, 6) is 1.10. The van der Waals surface area contributed by atoms with Gasteiger partial charge in [0.2, 0.25) is 0 Å². The highest BCUT2D eigenvalue weighted by Crippen LogP contribution is 2.34. The third kappa shape index (κ3) is 1.14. The average Bonchev–Trinajstić information content (AvgIpc) is 2.44. The predicted octanol–water partition coefficient (Wildman–Crippen LogP) is -0.292. The maximum atomic E-state index is 8.71. The minimum atomic E-state index is -0.514. The number of hydrogen-bond acceptors (Lipinski definition) is 2. The van der Waals surface area contributed by atoms with Gasteiger partial charge in [0.05, 0.1) is 12.7 Å². The molecule has 0 saturated heterocycles. The van der Waals surface area contributed by atoms with Crippen LogP contribution in [0.3, 0.4) is 0 Å². The lowest BCUT2D eigenvalue weighted by Crippen LogP contribution is -2.12. The van der Waals surface area contributed by atoms with E-state index in [1.807, 2.05) is 0 Å². The first-order valence-corrected chi connectivity index (χ1v) is 2.48. The fourth-order valence-corrected chi connectivity index (χ4v) is 0.534. The van der Waals surface area contributed by atoms with Crippen molar-refractivity contribution in [3.8, 4) is 0 Å². The van der Waals surface area contributed by atoms with Gasteiger partial charge < -0.3 is 10.2 Å². The molecule has 1 fully saturated rings. The molecule has 0 spiro atoms. The second kappa shape index (κ2) is 1.80. The van der Waals surface area contributed by atoms with Crippen LogP contribution in [-0.2, 0) is 0 Å². The van der Waals surface area contributed by atoms with Gasteiger partial charge in [-0.3, -0.25) is 0 Å². The van der Waals surface area contributed by atoms with Crippen LogP contribution in [-0.4, -0.2) is 22.9 Å². The zero-order valence-electron chi connectivity index (χ0n) is 4.09. The van der Waals surface area contributed by atoms with Crippen molar-refractivity contribution in [2.24, 2.45) is 0 Å². The molecule has 41 valence electrons. The van der Waals surface area contributed by atoms with Crippen LogP contribution < -0.4 is 0 Å². The Balaban J connectivity index is 2.10. The molecule has 0 aromatic rings. The van der Waals surface area contributed by atoms with Crippen molar-refractivity contribution in [1.82, 2.24) is 0 Å². The standard InChI is InChI=1S/C5H9O2/c6-3-5(7)4-1-2-4/h5-7H,1-3H2. The average molecular weight is 101 g/mol. The van der Waals surface area contributed by atoms with Gasteiger partial charge in [-0.1, -0.05) is 0 Å². The molecule has 0 aromatic heterocycles. The third-order valence-electron chi connectivity index (χ3n) is 1.18. The molecule has 1 rings (SSSR count). The van der Waals surface area contributed by atoms with Crippen LogP contribution in [0.4, 0.5) is 0 Å². The van der Waals surface area contributed by atoms with Crippen molar-refractivity contribution in [1.29, 1.82) is 0 Å². The molecule has 1 radical (unpaired) electrons. The summed E-state index contributed by atoms with van der Waals surface area (Å²) in [6.07, 6.45) is 1.52. The lowest BCUT2D eigenvalue weighted by atomic mass is 10.2. The van der Waals surface area contributed by atoms with E-state index < -0.39 is 6.10 Å². The van der Waals surface area contributed by atoms with Gasteiger partial charge in [-0.15, -0.1) is 0 Å². The largest absolute Gasteiger partial charge is 0.394 e. The van der Waals surface area contributed by atoms with Crippen molar-refractivity contribution >= 4 is 0 Å². The van der Waals surface area contributed by atoms with Crippen molar-refractivity contribution in [3.05, 3.63) is 5.92 Å². The van der Waals surface area contributed by atoms with Crippen molar-refractivity contribution < 1.29 is 10.2 Å². The molecule has 0 aromatic carbocycles. The quantitative estimate of drug-likeness (QED) is 0.501. The molecular formula is C5H9O2. The van der Waals surface area contributed by atoms with Gasteiger partial charge in [0.25, 0.3) is 0 Å². The molecule has 1 saturated carbocycles. The Labute approximate surface area is 42.8 Å². The number of aliphatic hydroxyl groups excluding tert-OH is 2. The Kier molecular flexibility index (Phi) is 1.30. The van der Waals surface area contributed by atoms with E-state index in [-0.39, 0.29) is 6.61 Å². The van der Waals surface area contributed by atoms with Crippen LogP contribution in [0, 0.1) is 5.92 Å². The van der Waals surface area contributed by atoms with Gasteiger partial charge in [0.15, 0.2) is 0 Å². The molecule has 2 nitrogen and oxygen atoms in total. The van der Waals surface area contributed by atoms with Gasteiger partial charge >= 0.3 is 0 Å². The minimum absolute atomic E-state index is 0.102. The van der Waals surface area contributed by atoms with E-state index >= 15 is 0 Å². The molecule has 0 aliphatic heterocycles. The molecule has 0 amide bonds. The van der Waals surface area contributed by atoms with Crippen molar-refractivity contribution in [3.63, 3.8) is 0 Å². The normalized spacial score (nSPS) is 24.9. The van der Waals surface area contributed by atoms with Crippen molar-refractivity contribution in [2.75, 3.05) is 6.61 Å². The lowest BCUT2D eigenvalue weighted by Gasteiger charge is -1.99. The Morgan fingerprint density at radius 1 is 1.57 bits per heavy atom. The highest BCUT2D eigenvalue weighted by atomic mass is 16.3. The van der Waals surface area contributed by atoms with E-state index in [9.17, 15) is 0 Å². The summed E-state index contributed by atoms with van der Waals surface area (Å²) in [6.45, 7) is -0.102. The van der Waals surface area contributed by atoms with E-state index in [1.165, 1.54) is 0 Å². The summed E-state index contributed by atoms with van der Waals surface area (Å²) in [5, 5.41) is 17.0. The van der Waals surface area contributed by atoms with Crippen LogP contribution in [0.5, 0.6) is 0 Å². The maximum Gasteiger partial charge on any atom is 0.0833 e. The highest BCUT2D eigenvalue weighted by molar-refractivity contribution is 5.10. The lowest BCUT2D eigenvalue weighted by molar-refractivity contribution is 0.115. The summed E-state index contributed by atoms with van der Waals surface area (Å²) in [5.41, 5.74) is 0. The number of hydrogen-bond donors (Lipinski definition) is 2. The zero-order chi connectivity index (χ0) is 5.28. The van der Waals surface area contributed by atoms with Gasteiger partial charge in [-0.25, -0.2) is 0 Å². The summed E-state index contributed by atoms with van der Waals surface area (Å²) in [6, 6.07) is 0. The molecule has 0 heterocycles.